The number of hydrogen-bond donors (Lipinski definition) is 1. The van der Waals surface area contributed by atoms with Crippen molar-refractivity contribution in [3.63, 3.8) is 0 Å². The molecule has 1 aromatic carbocycles. The Hall–Kier alpha value is -1.61. The van der Waals surface area contributed by atoms with Crippen molar-refractivity contribution in [1.82, 2.24) is 15.1 Å². The van der Waals surface area contributed by atoms with Crippen LogP contribution in [0.5, 0.6) is 0 Å². The van der Waals surface area contributed by atoms with E-state index in [1.165, 1.54) is 16.5 Å². The van der Waals surface area contributed by atoms with Crippen LogP contribution in [0.25, 0.3) is 17.0 Å². The van der Waals surface area contributed by atoms with Crippen LogP contribution in [0, 0.1) is 0 Å². The van der Waals surface area contributed by atoms with Crippen LogP contribution in [-0.4, -0.2) is 22.9 Å². The summed E-state index contributed by atoms with van der Waals surface area (Å²) < 4.78 is 2.06. The maximum atomic E-state index is 4.64. The molecule has 1 aliphatic rings. The van der Waals surface area contributed by atoms with Crippen LogP contribution in [-0.2, 0) is 6.54 Å². The first kappa shape index (κ1) is 9.60. The van der Waals surface area contributed by atoms with Gasteiger partial charge in [0.2, 0.25) is 0 Å². The van der Waals surface area contributed by atoms with Crippen molar-refractivity contribution in [3.05, 3.63) is 35.5 Å². The Bertz CT molecular complexity index is 545. The molecule has 0 atom stereocenters. The lowest BCUT2D eigenvalue weighted by atomic mass is 10.1. The molecular formula is C13H15N3. The quantitative estimate of drug-likeness (QED) is 0.827. The maximum absolute atomic E-state index is 4.64. The van der Waals surface area contributed by atoms with E-state index in [1.807, 2.05) is 0 Å². The van der Waals surface area contributed by atoms with E-state index in [-0.39, 0.29) is 0 Å². The van der Waals surface area contributed by atoms with Crippen LogP contribution in [0.3, 0.4) is 0 Å². The van der Waals surface area contributed by atoms with E-state index in [0.717, 1.165) is 25.3 Å². The van der Waals surface area contributed by atoms with E-state index < -0.39 is 0 Å². The van der Waals surface area contributed by atoms with Crippen LogP contribution in [0.15, 0.2) is 29.8 Å². The lowest BCUT2D eigenvalue weighted by Crippen LogP contribution is -2.33. The molecule has 3 rings (SSSR count). The standard InChI is InChI=1S/C13H15N3/c1-2-16-13-6-4-3-5-11(13)12(15-16)7-10-8-14-9-10/h3-7,14H,2,8-9H2,1H3. The Kier molecular flexibility index (Phi) is 2.26. The van der Waals surface area contributed by atoms with Gasteiger partial charge in [-0.2, -0.15) is 5.10 Å². The monoisotopic (exact) mass is 213 g/mol. The van der Waals surface area contributed by atoms with Crippen molar-refractivity contribution >= 4 is 17.0 Å². The number of aryl methyl sites for hydroxylation is 1. The van der Waals surface area contributed by atoms with E-state index >= 15 is 0 Å². The number of fused-ring (bicyclic) bond motifs is 1. The highest BCUT2D eigenvalue weighted by Crippen LogP contribution is 2.21. The molecule has 82 valence electrons. The van der Waals surface area contributed by atoms with Gasteiger partial charge in [-0.3, -0.25) is 4.68 Å². The zero-order valence-corrected chi connectivity index (χ0v) is 9.40. The van der Waals surface area contributed by atoms with E-state index in [9.17, 15) is 0 Å². The van der Waals surface area contributed by atoms with Crippen LogP contribution in [0.2, 0.25) is 0 Å². The number of nitrogens with zero attached hydrogens (tertiary/aromatic N) is 2. The van der Waals surface area contributed by atoms with Crippen molar-refractivity contribution in [2.24, 2.45) is 0 Å². The Morgan fingerprint density at radius 3 is 2.88 bits per heavy atom. The fourth-order valence-electron chi connectivity index (χ4n) is 2.07. The molecule has 0 aliphatic carbocycles. The molecule has 2 heterocycles. The third kappa shape index (κ3) is 1.44. The summed E-state index contributed by atoms with van der Waals surface area (Å²) in [5.74, 6) is 0. The number of benzene rings is 1. The lowest BCUT2D eigenvalue weighted by Gasteiger charge is -2.17. The van der Waals surface area contributed by atoms with Gasteiger partial charge in [-0.15, -0.1) is 0 Å². The van der Waals surface area contributed by atoms with Crippen LogP contribution in [0.4, 0.5) is 0 Å². The van der Waals surface area contributed by atoms with E-state index in [4.69, 9.17) is 0 Å². The molecule has 16 heavy (non-hydrogen) atoms. The summed E-state index contributed by atoms with van der Waals surface area (Å²) in [5, 5.41) is 9.14. The minimum Gasteiger partial charge on any atom is -0.309 e. The molecule has 3 heteroatoms. The Morgan fingerprint density at radius 1 is 1.38 bits per heavy atom. The molecule has 1 N–H and O–H groups in total. The number of para-hydroxylation sites is 1. The van der Waals surface area contributed by atoms with Crippen molar-refractivity contribution in [2.45, 2.75) is 13.5 Å². The summed E-state index contributed by atoms with van der Waals surface area (Å²) in [6.07, 6.45) is 2.21. The summed E-state index contributed by atoms with van der Waals surface area (Å²) in [7, 11) is 0. The lowest BCUT2D eigenvalue weighted by molar-refractivity contribution is 0.668. The van der Waals surface area contributed by atoms with Gasteiger partial charge in [0.05, 0.1) is 11.2 Å². The smallest absolute Gasteiger partial charge is 0.0930 e. The molecule has 0 bridgehead atoms. The molecule has 0 saturated carbocycles. The highest BCUT2D eigenvalue weighted by atomic mass is 15.3. The van der Waals surface area contributed by atoms with Crippen LogP contribution >= 0.6 is 0 Å². The molecule has 1 saturated heterocycles. The van der Waals surface area contributed by atoms with Gasteiger partial charge >= 0.3 is 0 Å². The van der Waals surface area contributed by atoms with E-state index in [1.54, 1.807) is 0 Å². The summed E-state index contributed by atoms with van der Waals surface area (Å²) >= 11 is 0. The van der Waals surface area contributed by atoms with Crippen molar-refractivity contribution in [3.8, 4) is 0 Å². The zero-order chi connectivity index (χ0) is 11.0. The maximum Gasteiger partial charge on any atom is 0.0930 e. The van der Waals surface area contributed by atoms with Gasteiger partial charge in [-0.25, -0.2) is 0 Å². The normalized spacial score (nSPS) is 15.2. The number of nitrogens with one attached hydrogen (secondary N) is 1. The van der Waals surface area contributed by atoms with Crippen molar-refractivity contribution in [2.75, 3.05) is 13.1 Å². The highest BCUT2D eigenvalue weighted by molar-refractivity contribution is 5.87. The Balaban J connectivity index is 2.16. The number of rotatable bonds is 2. The summed E-state index contributed by atoms with van der Waals surface area (Å²) in [6.45, 7) is 5.06. The molecule has 3 nitrogen and oxygen atoms in total. The highest BCUT2D eigenvalue weighted by Gasteiger charge is 2.11. The second kappa shape index (κ2) is 3.76. The number of aromatic nitrogens is 2. The van der Waals surface area contributed by atoms with Gasteiger partial charge in [0, 0.05) is 25.0 Å². The molecule has 0 amide bonds. The zero-order valence-electron chi connectivity index (χ0n) is 9.40. The van der Waals surface area contributed by atoms with E-state index in [2.05, 4.69) is 52.4 Å². The summed E-state index contributed by atoms with van der Waals surface area (Å²) in [6, 6.07) is 8.42. The first-order chi connectivity index (χ1) is 7.88. The molecule has 0 radical (unpaired) electrons. The first-order valence-corrected chi connectivity index (χ1v) is 5.74. The van der Waals surface area contributed by atoms with Gasteiger partial charge < -0.3 is 5.32 Å². The Labute approximate surface area is 94.8 Å². The average Bonchev–Trinajstić information content (AvgIpc) is 2.62. The second-order valence-corrected chi connectivity index (χ2v) is 4.12. The SMILES string of the molecule is CCn1nc(C=C2CNC2)c2ccccc21. The predicted octanol–water partition coefficient (Wildman–Crippen LogP) is 2.04. The first-order valence-electron chi connectivity index (χ1n) is 5.74. The third-order valence-electron chi connectivity index (χ3n) is 3.03. The molecular weight excluding hydrogens is 198 g/mol. The molecule has 2 aromatic rings. The predicted molar refractivity (Wildman–Crippen MR) is 66.3 cm³/mol. The topological polar surface area (TPSA) is 29.9 Å². The van der Waals surface area contributed by atoms with Gasteiger partial charge in [-0.05, 0) is 24.6 Å². The second-order valence-electron chi connectivity index (χ2n) is 4.12. The minimum absolute atomic E-state index is 0.919. The summed E-state index contributed by atoms with van der Waals surface area (Å²) in [5.41, 5.74) is 3.77. The van der Waals surface area contributed by atoms with E-state index in [0.29, 0.717) is 0 Å². The largest absolute Gasteiger partial charge is 0.309 e. The molecule has 1 aliphatic heterocycles. The fraction of sp³-hybridized carbons (Fsp3) is 0.308. The number of hydrogen-bond acceptors (Lipinski definition) is 2. The average molecular weight is 213 g/mol. The van der Waals surface area contributed by atoms with Gasteiger partial charge in [0.25, 0.3) is 0 Å². The molecule has 1 fully saturated rings. The summed E-state index contributed by atoms with van der Waals surface area (Å²) in [4.78, 5) is 0. The van der Waals surface area contributed by atoms with Crippen LogP contribution in [0.1, 0.15) is 12.6 Å². The Morgan fingerprint density at radius 2 is 2.19 bits per heavy atom. The van der Waals surface area contributed by atoms with Crippen molar-refractivity contribution in [1.29, 1.82) is 0 Å². The van der Waals surface area contributed by atoms with Gasteiger partial charge in [-0.1, -0.05) is 18.2 Å². The van der Waals surface area contributed by atoms with Gasteiger partial charge in [0.1, 0.15) is 0 Å². The fourth-order valence-corrected chi connectivity index (χ4v) is 2.07. The third-order valence-corrected chi connectivity index (χ3v) is 3.03. The van der Waals surface area contributed by atoms with Crippen molar-refractivity contribution < 1.29 is 0 Å². The molecule has 0 unspecified atom stereocenters. The molecule has 1 aromatic heterocycles. The molecule has 0 spiro atoms. The van der Waals surface area contributed by atoms with Gasteiger partial charge in [0.15, 0.2) is 0 Å². The minimum atomic E-state index is 0.919. The van der Waals surface area contributed by atoms with Crippen LogP contribution < -0.4 is 5.32 Å².